The number of unbranched alkanes of at least 4 members (excludes halogenated alkanes) is 1. The van der Waals surface area contributed by atoms with Crippen LogP contribution in [0.5, 0.6) is 0 Å². The second-order valence-electron chi connectivity index (χ2n) is 9.63. The Kier molecular flexibility index (Phi) is 17.8. The minimum absolute atomic E-state index is 0.0867. The molecule has 2 unspecified atom stereocenters. The highest BCUT2D eigenvalue weighted by Gasteiger charge is 2.20. The molecule has 4 N–H and O–H groups in total. The normalized spacial score (nSPS) is 12.6. The van der Waals surface area contributed by atoms with E-state index in [-0.39, 0.29) is 32.0 Å². The van der Waals surface area contributed by atoms with E-state index in [4.69, 9.17) is 9.47 Å². The van der Waals surface area contributed by atoms with Crippen molar-refractivity contribution in [2.45, 2.75) is 78.4 Å². The number of rotatable bonds is 21. The predicted octanol–water partition coefficient (Wildman–Crippen LogP) is 0.835. The average molecular weight is 572 g/mol. The zero-order valence-electron chi connectivity index (χ0n) is 23.5. The molecule has 0 bridgehead atoms. The lowest BCUT2D eigenvalue weighted by atomic mass is 10.0. The van der Waals surface area contributed by atoms with Crippen molar-refractivity contribution >= 4 is 35.6 Å². The Hall–Kier alpha value is -2.71. The summed E-state index contributed by atoms with van der Waals surface area (Å²) in [6, 6.07) is -1.63. The Morgan fingerprint density at radius 2 is 1.56 bits per heavy atom. The van der Waals surface area contributed by atoms with Crippen LogP contribution >= 0.6 is 12.6 Å². The summed E-state index contributed by atoms with van der Waals surface area (Å²) in [5.74, 6) is -0.519. The van der Waals surface area contributed by atoms with Crippen LogP contribution in [0, 0.1) is 5.92 Å². The van der Waals surface area contributed by atoms with Gasteiger partial charge in [0.15, 0.2) is 0 Å². The first kappa shape index (κ1) is 34.3. The van der Waals surface area contributed by atoms with Gasteiger partial charge in [0, 0.05) is 25.7 Å². The molecule has 2 atom stereocenters. The van der Waals surface area contributed by atoms with Gasteiger partial charge in [-0.3, -0.25) is 19.2 Å². The Bertz CT molecular complexity index is 883. The lowest BCUT2D eigenvalue weighted by Crippen LogP contribution is -2.52. The van der Waals surface area contributed by atoms with Gasteiger partial charge in [-0.2, -0.15) is 0 Å². The molecule has 1 rings (SSSR count). The Morgan fingerprint density at radius 3 is 2.26 bits per heavy atom. The van der Waals surface area contributed by atoms with Crippen LogP contribution in [0.2, 0.25) is 0 Å². The van der Waals surface area contributed by atoms with E-state index < -0.39 is 29.1 Å². The molecule has 4 amide bonds. The summed E-state index contributed by atoms with van der Waals surface area (Å²) in [6.45, 7) is 9.94. The fraction of sp³-hybridized carbons (Fsp3) is 0.760. The van der Waals surface area contributed by atoms with Crippen LogP contribution in [0.1, 0.15) is 59.1 Å². The predicted molar refractivity (Wildman–Crippen MR) is 149 cm³/mol. The number of amides is 4. The maximum absolute atomic E-state index is 12.2. The van der Waals surface area contributed by atoms with Gasteiger partial charge in [-0.15, -0.1) is 5.10 Å². The fourth-order valence-electron chi connectivity index (χ4n) is 3.36. The number of ether oxygens (including phenoxy) is 2. The molecule has 0 aliphatic heterocycles. The molecule has 1 aromatic heterocycles. The molecule has 0 fully saturated rings. The minimum atomic E-state index is -0.822. The van der Waals surface area contributed by atoms with Gasteiger partial charge in [0.2, 0.25) is 17.7 Å². The lowest BCUT2D eigenvalue weighted by Gasteiger charge is -2.18. The number of aryl methyl sites for hydroxylation is 1. The topological polar surface area (TPSA) is 166 Å². The van der Waals surface area contributed by atoms with Gasteiger partial charge < -0.3 is 30.7 Å². The molecule has 0 saturated heterocycles. The number of nitrogens with zero attached hydrogens (tertiary/aromatic N) is 3. The van der Waals surface area contributed by atoms with Gasteiger partial charge >= 0.3 is 0 Å². The monoisotopic (exact) mass is 571 g/mol. The van der Waals surface area contributed by atoms with E-state index in [1.807, 2.05) is 6.20 Å². The first-order chi connectivity index (χ1) is 18.6. The van der Waals surface area contributed by atoms with Gasteiger partial charge in [-0.1, -0.05) is 44.5 Å². The molecule has 39 heavy (non-hydrogen) atoms. The van der Waals surface area contributed by atoms with Crippen LogP contribution < -0.4 is 21.3 Å². The van der Waals surface area contributed by atoms with Gasteiger partial charge in [0.1, 0.15) is 12.1 Å². The largest absolute Gasteiger partial charge is 0.379 e. The summed E-state index contributed by atoms with van der Waals surface area (Å²) in [4.78, 5) is 47.0. The molecule has 1 heterocycles. The molecular weight excluding hydrogens is 526 g/mol. The van der Waals surface area contributed by atoms with E-state index in [2.05, 4.69) is 58.1 Å². The fourth-order valence-corrected chi connectivity index (χ4v) is 3.47. The molecule has 0 aliphatic carbocycles. The summed E-state index contributed by atoms with van der Waals surface area (Å²) in [5.41, 5.74) is 1.00. The van der Waals surface area contributed by atoms with E-state index in [0.717, 1.165) is 24.5 Å². The first-order valence-electron chi connectivity index (χ1n) is 13.5. The van der Waals surface area contributed by atoms with Gasteiger partial charge in [0.25, 0.3) is 5.24 Å². The highest BCUT2D eigenvalue weighted by Crippen LogP contribution is 2.09. The lowest BCUT2D eigenvalue weighted by molar-refractivity contribution is -0.131. The van der Waals surface area contributed by atoms with E-state index in [1.54, 1.807) is 4.68 Å². The second-order valence-corrected chi connectivity index (χ2v) is 10.0. The highest BCUT2D eigenvalue weighted by molar-refractivity contribution is 7.96. The van der Waals surface area contributed by atoms with Crippen molar-refractivity contribution in [1.82, 2.24) is 36.3 Å². The van der Waals surface area contributed by atoms with Crippen LogP contribution in [-0.2, 0) is 36.8 Å². The van der Waals surface area contributed by atoms with E-state index in [9.17, 15) is 19.2 Å². The molecule has 0 radical (unpaired) electrons. The number of thiol groups is 1. The molecule has 0 spiro atoms. The molecule has 0 aliphatic rings. The maximum atomic E-state index is 12.2. The third-order valence-electron chi connectivity index (χ3n) is 5.58. The number of carbonyl (C=O) groups excluding carboxylic acids is 4. The van der Waals surface area contributed by atoms with Crippen molar-refractivity contribution in [2.24, 2.45) is 5.92 Å². The van der Waals surface area contributed by atoms with Crippen LogP contribution in [0.25, 0.3) is 0 Å². The van der Waals surface area contributed by atoms with Crippen LogP contribution in [-0.4, -0.2) is 89.6 Å². The number of carbonyl (C=O) groups is 4. The highest BCUT2D eigenvalue weighted by atomic mass is 32.1. The molecule has 222 valence electrons. The molecular formula is C25H45N7O6S. The Labute approximate surface area is 236 Å². The molecule has 13 nitrogen and oxygen atoms in total. The Balaban J connectivity index is 2.07. The van der Waals surface area contributed by atoms with Crippen LogP contribution in [0.3, 0.4) is 0 Å². The summed E-state index contributed by atoms with van der Waals surface area (Å²) in [5, 5.41) is 17.9. The molecule has 1 aromatic rings. The van der Waals surface area contributed by atoms with Crippen LogP contribution in [0.4, 0.5) is 4.79 Å². The van der Waals surface area contributed by atoms with Gasteiger partial charge in [-0.25, -0.2) is 4.68 Å². The number of nitrogens with one attached hydrogen (secondary N) is 4. The van der Waals surface area contributed by atoms with Gasteiger partial charge in [-0.05, 0) is 32.6 Å². The SMILES string of the molecule is CC(C)CCCCc1cn(CCOCCOCCC(=O)NC(C)C(=O)NC(C)C(=O)NCCNC(=O)S)nn1. The van der Waals surface area contributed by atoms with Crippen molar-refractivity contribution in [1.29, 1.82) is 0 Å². The van der Waals surface area contributed by atoms with Crippen LogP contribution in [0.15, 0.2) is 6.20 Å². The van der Waals surface area contributed by atoms with Crippen molar-refractivity contribution in [3.8, 4) is 0 Å². The van der Waals surface area contributed by atoms with Crippen molar-refractivity contribution in [2.75, 3.05) is 39.5 Å². The minimum Gasteiger partial charge on any atom is -0.379 e. The molecule has 14 heteroatoms. The maximum Gasteiger partial charge on any atom is 0.276 e. The zero-order chi connectivity index (χ0) is 29.0. The average Bonchev–Trinajstić information content (AvgIpc) is 3.33. The second kappa shape index (κ2) is 20.2. The standard InChI is InChI=1S/C25H45N7O6S/c1-18(2)7-5-6-8-21-17-32(31-30-21)12-14-38-16-15-37-13-9-22(33)28-20(4)24(35)29-19(3)23(34)26-10-11-27-25(36)39/h17-20H,5-16H2,1-4H3,(H,26,34)(H,28,33)(H,29,35)(H2,27,36,39). The molecule has 0 aromatic carbocycles. The zero-order valence-corrected chi connectivity index (χ0v) is 24.4. The smallest absolute Gasteiger partial charge is 0.276 e. The third kappa shape index (κ3) is 17.5. The summed E-state index contributed by atoms with van der Waals surface area (Å²) < 4.78 is 12.8. The van der Waals surface area contributed by atoms with E-state index in [1.165, 1.54) is 26.7 Å². The number of aromatic nitrogens is 3. The van der Waals surface area contributed by atoms with E-state index in [0.29, 0.717) is 26.4 Å². The third-order valence-corrected chi connectivity index (χ3v) is 5.74. The number of hydrogen-bond acceptors (Lipinski definition) is 8. The summed E-state index contributed by atoms with van der Waals surface area (Å²) in [6.07, 6.45) is 6.53. The van der Waals surface area contributed by atoms with E-state index >= 15 is 0 Å². The van der Waals surface area contributed by atoms with Crippen molar-refractivity contribution in [3.63, 3.8) is 0 Å². The van der Waals surface area contributed by atoms with Crippen molar-refractivity contribution < 1.29 is 28.7 Å². The van der Waals surface area contributed by atoms with Gasteiger partial charge in [0.05, 0.1) is 38.7 Å². The summed E-state index contributed by atoms with van der Waals surface area (Å²) in [7, 11) is 0. The quantitative estimate of drug-likeness (QED) is 0.107. The molecule has 0 saturated carbocycles. The summed E-state index contributed by atoms with van der Waals surface area (Å²) >= 11 is 3.56. The Morgan fingerprint density at radius 1 is 0.897 bits per heavy atom. The number of hydrogen-bond donors (Lipinski definition) is 5. The first-order valence-corrected chi connectivity index (χ1v) is 13.9. The van der Waals surface area contributed by atoms with Crippen molar-refractivity contribution in [3.05, 3.63) is 11.9 Å².